The summed E-state index contributed by atoms with van der Waals surface area (Å²) in [5.74, 6) is -0.210. The van der Waals surface area contributed by atoms with E-state index in [1.54, 1.807) is 33.9 Å². The second-order valence-corrected chi connectivity index (χ2v) is 6.45. The molecule has 0 atom stereocenters. The van der Waals surface area contributed by atoms with Gasteiger partial charge in [0.15, 0.2) is 0 Å². The van der Waals surface area contributed by atoms with E-state index in [0.717, 1.165) is 21.2 Å². The normalized spacial score (nSPS) is 11.0. The molecule has 0 spiro atoms. The van der Waals surface area contributed by atoms with Crippen LogP contribution in [0.5, 0.6) is 0 Å². The zero-order chi connectivity index (χ0) is 17.4. The third-order valence-corrected chi connectivity index (χ3v) is 4.58. The molecule has 4 aromatic rings. The van der Waals surface area contributed by atoms with Gasteiger partial charge < -0.3 is 5.32 Å². The highest BCUT2D eigenvalue weighted by Crippen LogP contribution is 2.27. The van der Waals surface area contributed by atoms with Gasteiger partial charge in [-0.2, -0.15) is 10.2 Å². The van der Waals surface area contributed by atoms with Crippen LogP contribution in [0.25, 0.3) is 16.8 Å². The number of halogens is 1. The number of aryl methyl sites for hydroxylation is 1. The van der Waals surface area contributed by atoms with Gasteiger partial charge >= 0.3 is 0 Å². The number of benzene rings is 1. The van der Waals surface area contributed by atoms with Crippen molar-refractivity contribution >= 4 is 33.0 Å². The molecule has 4 rings (SSSR count). The molecule has 0 fully saturated rings. The number of amides is 1. The minimum Gasteiger partial charge on any atom is -0.319 e. The number of fused-ring (bicyclic) bond motifs is 1. The van der Waals surface area contributed by atoms with E-state index < -0.39 is 0 Å². The number of carbonyl (C=O) groups is 1. The van der Waals surface area contributed by atoms with E-state index in [1.165, 1.54) is 0 Å². The van der Waals surface area contributed by atoms with Crippen molar-refractivity contribution in [3.8, 4) is 11.3 Å². The molecule has 3 aromatic heterocycles. The Morgan fingerprint density at radius 2 is 1.88 bits per heavy atom. The average molecular weight is 396 g/mol. The second-order valence-electron chi connectivity index (χ2n) is 5.59. The number of carbonyl (C=O) groups excluding carboxylic acids is 1. The first-order chi connectivity index (χ1) is 12.1. The minimum atomic E-state index is -0.210. The van der Waals surface area contributed by atoms with Crippen LogP contribution in [0.1, 0.15) is 10.4 Å². The van der Waals surface area contributed by atoms with Gasteiger partial charge in [-0.1, -0.05) is 30.3 Å². The van der Waals surface area contributed by atoms with Gasteiger partial charge in [0.1, 0.15) is 0 Å². The van der Waals surface area contributed by atoms with E-state index in [-0.39, 0.29) is 5.91 Å². The lowest BCUT2D eigenvalue weighted by molar-refractivity contribution is 0.102. The van der Waals surface area contributed by atoms with Gasteiger partial charge in [-0.15, -0.1) is 0 Å². The largest absolute Gasteiger partial charge is 0.319 e. The third kappa shape index (κ3) is 2.83. The highest BCUT2D eigenvalue weighted by atomic mass is 79.9. The van der Waals surface area contributed by atoms with Crippen LogP contribution in [0.3, 0.4) is 0 Å². The summed E-state index contributed by atoms with van der Waals surface area (Å²) in [6.45, 7) is 0. The SMILES string of the molecule is Cn1ncc(NC(=O)c2ccc3c(Br)cnn3c2)c1-c1ccccc1. The lowest BCUT2D eigenvalue weighted by Crippen LogP contribution is -2.13. The van der Waals surface area contributed by atoms with Gasteiger partial charge in [-0.25, -0.2) is 4.52 Å². The molecule has 0 radical (unpaired) electrons. The highest BCUT2D eigenvalue weighted by molar-refractivity contribution is 9.10. The molecular formula is C18H14BrN5O. The number of nitrogens with zero attached hydrogens (tertiary/aromatic N) is 4. The smallest absolute Gasteiger partial charge is 0.257 e. The van der Waals surface area contributed by atoms with Crippen LogP contribution in [0.2, 0.25) is 0 Å². The predicted molar refractivity (Wildman–Crippen MR) is 99.5 cm³/mol. The van der Waals surface area contributed by atoms with Gasteiger partial charge in [0.25, 0.3) is 5.91 Å². The first-order valence-corrected chi connectivity index (χ1v) is 8.44. The van der Waals surface area contributed by atoms with E-state index in [9.17, 15) is 4.79 Å². The Hall–Kier alpha value is -2.93. The average Bonchev–Trinajstić information content (AvgIpc) is 3.18. The van der Waals surface area contributed by atoms with E-state index in [0.29, 0.717) is 11.3 Å². The summed E-state index contributed by atoms with van der Waals surface area (Å²) >= 11 is 3.43. The maximum atomic E-state index is 12.7. The molecule has 0 aliphatic carbocycles. The lowest BCUT2D eigenvalue weighted by Gasteiger charge is -2.08. The molecule has 0 unspecified atom stereocenters. The minimum absolute atomic E-state index is 0.210. The maximum Gasteiger partial charge on any atom is 0.257 e. The fraction of sp³-hybridized carbons (Fsp3) is 0.0556. The molecule has 1 N–H and O–H groups in total. The van der Waals surface area contributed by atoms with Crippen molar-refractivity contribution in [2.45, 2.75) is 0 Å². The Bertz CT molecular complexity index is 1070. The van der Waals surface area contributed by atoms with Crippen molar-refractivity contribution in [1.29, 1.82) is 0 Å². The zero-order valence-corrected chi connectivity index (χ0v) is 14.9. The van der Waals surface area contributed by atoms with Crippen LogP contribution in [-0.4, -0.2) is 25.3 Å². The molecule has 1 aromatic carbocycles. The van der Waals surface area contributed by atoms with E-state index >= 15 is 0 Å². The summed E-state index contributed by atoms with van der Waals surface area (Å²) in [6.07, 6.45) is 5.06. The van der Waals surface area contributed by atoms with Gasteiger partial charge in [0, 0.05) is 18.8 Å². The van der Waals surface area contributed by atoms with E-state index in [1.807, 2.05) is 43.4 Å². The fourth-order valence-electron chi connectivity index (χ4n) is 2.75. The first kappa shape index (κ1) is 15.6. The summed E-state index contributed by atoms with van der Waals surface area (Å²) < 4.78 is 4.30. The quantitative estimate of drug-likeness (QED) is 0.574. The molecule has 1 amide bonds. The zero-order valence-electron chi connectivity index (χ0n) is 13.3. The molecule has 0 saturated heterocycles. The Balaban J connectivity index is 1.67. The molecule has 0 aliphatic rings. The number of aromatic nitrogens is 4. The number of anilines is 1. The fourth-order valence-corrected chi connectivity index (χ4v) is 3.15. The van der Waals surface area contributed by atoms with Crippen LogP contribution in [0.4, 0.5) is 5.69 Å². The number of hydrogen-bond donors (Lipinski definition) is 1. The summed E-state index contributed by atoms with van der Waals surface area (Å²) in [5, 5.41) is 11.4. The molecular weight excluding hydrogens is 382 g/mol. The predicted octanol–water partition coefficient (Wildman–Crippen LogP) is 3.75. The van der Waals surface area contributed by atoms with Gasteiger partial charge in [-0.05, 0) is 28.1 Å². The van der Waals surface area contributed by atoms with Gasteiger partial charge in [0.2, 0.25) is 0 Å². The topological polar surface area (TPSA) is 64.2 Å². The van der Waals surface area contributed by atoms with Gasteiger partial charge in [-0.3, -0.25) is 9.48 Å². The van der Waals surface area contributed by atoms with Crippen LogP contribution in [0, 0.1) is 0 Å². The maximum absolute atomic E-state index is 12.7. The molecule has 0 saturated carbocycles. The monoisotopic (exact) mass is 395 g/mol. The van der Waals surface area contributed by atoms with E-state index in [2.05, 4.69) is 31.4 Å². The van der Waals surface area contributed by atoms with Crippen LogP contribution < -0.4 is 5.32 Å². The second kappa shape index (κ2) is 6.18. The van der Waals surface area contributed by atoms with Crippen LogP contribution in [-0.2, 0) is 7.05 Å². The lowest BCUT2D eigenvalue weighted by atomic mass is 10.1. The first-order valence-electron chi connectivity index (χ1n) is 7.65. The molecule has 0 bridgehead atoms. The summed E-state index contributed by atoms with van der Waals surface area (Å²) in [6, 6.07) is 13.5. The summed E-state index contributed by atoms with van der Waals surface area (Å²) in [4.78, 5) is 12.7. The number of hydrogen-bond acceptors (Lipinski definition) is 3. The molecule has 25 heavy (non-hydrogen) atoms. The highest BCUT2D eigenvalue weighted by Gasteiger charge is 2.15. The molecule has 7 heteroatoms. The van der Waals surface area contributed by atoms with Crippen LogP contribution in [0.15, 0.2) is 65.5 Å². The van der Waals surface area contributed by atoms with Crippen molar-refractivity contribution in [2.24, 2.45) is 7.05 Å². The molecule has 124 valence electrons. The molecule has 3 heterocycles. The number of rotatable bonds is 3. The third-order valence-electron chi connectivity index (χ3n) is 3.97. The summed E-state index contributed by atoms with van der Waals surface area (Å²) in [5.41, 5.74) is 3.94. The number of nitrogens with one attached hydrogen (secondary N) is 1. The van der Waals surface area contributed by atoms with E-state index in [4.69, 9.17) is 0 Å². The Labute approximate surface area is 152 Å². The van der Waals surface area contributed by atoms with Crippen molar-refractivity contribution in [1.82, 2.24) is 19.4 Å². The van der Waals surface area contributed by atoms with Crippen molar-refractivity contribution in [2.75, 3.05) is 5.32 Å². The van der Waals surface area contributed by atoms with Crippen molar-refractivity contribution < 1.29 is 4.79 Å². The molecule has 0 aliphatic heterocycles. The van der Waals surface area contributed by atoms with Crippen LogP contribution >= 0.6 is 15.9 Å². The summed E-state index contributed by atoms with van der Waals surface area (Å²) in [7, 11) is 1.85. The standard InChI is InChI=1S/C18H14BrN5O/c1-23-17(12-5-3-2-4-6-12)15(10-20-23)22-18(25)13-7-8-16-14(19)9-21-24(16)11-13/h2-11H,1H3,(H,22,25). The van der Waals surface area contributed by atoms with Crippen molar-refractivity contribution in [3.63, 3.8) is 0 Å². The Morgan fingerprint density at radius 3 is 2.68 bits per heavy atom. The van der Waals surface area contributed by atoms with Gasteiger partial charge in [0.05, 0.1) is 39.3 Å². The van der Waals surface area contributed by atoms with Crippen molar-refractivity contribution in [3.05, 3.63) is 71.1 Å². The molecule has 6 nitrogen and oxygen atoms in total. The Kier molecular flexibility index (Phi) is 3.85. The Morgan fingerprint density at radius 1 is 1.08 bits per heavy atom. The number of pyridine rings is 1.